The van der Waals surface area contributed by atoms with Crippen molar-refractivity contribution in [1.82, 2.24) is 4.90 Å². The van der Waals surface area contributed by atoms with Gasteiger partial charge in [-0.15, -0.1) is 11.8 Å². The van der Waals surface area contributed by atoms with Crippen molar-refractivity contribution in [2.45, 2.75) is 41.8 Å². The zero-order chi connectivity index (χ0) is 30.4. The molecule has 224 valence electrons. The van der Waals surface area contributed by atoms with Gasteiger partial charge in [0.05, 0.1) is 29.2 Å². The summed E-state index contributed by atoms with van der Waals surface area (Å²) < 4.78 is -0.800. The summed E-state index contributed by atoms with van der Waals surface area (Å²) in [5, 5.41) is 18.9. The van der Waals surface area contributed by atoms with Crippen LogP contribution in [-0.2, 0) is 20.8 Å². The number of carbonyl (C=O) groups is 3. The summed E-state index contributed by atoms with van der Waals surface area (Å²) in [5.74, 6) is -1.95. The van der Waals surface area contributed by atoms with Crippen molar-refractivity contribution < 1.29 is 19.5 Å². The van der Waals surface area contributed by atoms with Gasteiger partial charge in [-0.05, 0) is 59.4 Å². The molecule has 4 aromatic rings. The zero-order valence-corrected chi connectivity index (χ0v) is 25.2. The van der Waals surface area contributed by atoms with Crippen LogP contribution in [0, 0.1) is 17.8 Å². The van der Waals surface area contributed by atoms with Gasteiger partial charge in [0.15, 0.2) is 0 Å². The Labute approximate surface area is 261 Å². The maximum atomic E-state index is 14.7. The van der Waals surface area contributed by atoms with Gasteiger partial charge in [0, 0.05) is 16.6 Å². The first-order chi connectivity index (χ1) is 21.4. The average Bonchev–Trinajstić information content (AvgIpc) is 3.64. The Kier molecular flexibility index (Phi) is 7.42. The molecule has 0 saturated carbocycles. The smallest absolute Gasteiger partial charge is 0.248 e. The molecule has 0 aromatic heterocycles. The summed E-state index contributed by atoms with van der Waals surface area (Å²) in [6.45, 7) is 1.80. The van der Waals surface area contributed by atoms with E-state index in [4.69, 9.17) is 0 Å². The molecule has 7 atom stereocenters. The molecular weight excluding hydrogens is 570 g/mol. The third kappa shape index (κ3) is 4.68. The largest absolute Gasteiger partial charge is 0.394 e. The van der Waals surface area contributed by atoms with Crippen LogP contribution < -0.4 is 10.6 Å². The van der Waals surface area contributed by atoms with Crippen LogP contribution in [0.25, 0.3) is 10.8 Å². The van der Waals surface area contributed by atoms with E-state index in [1.54, 1.807) is 16.7 Å². The lowest BCUT2D eigenvalue weighted by atomic mass is 9.66. The van der Waals surface area contributed by atoms with E-state index in [0.29, 0.717) is 17.8 Å². The summed E-state index contributed by atoms with van der Waals surface area (Å²) >= 11 is 1.63. The summed E-state index contributed by atoms with van der Waals surface area (Å²) in [7, 11) is 0. The lowest BCUT2D eigenvalue weighted by Gasteiger charge is -2.40. The maximum absolute atomic E-state index is 14.7. The van der Waals surface area contributed by atoms with Crippen LogP contribution in [0.5, 0.6) is 0 Å². The Morgan fingerprint density at radius 3 is 2.27 bits per heavy atom. The number of hydrogen-bond donors (Lipinski definition) is 3. The van der Waals surface area contributed by atoms with Gasteiger partial charge in [-0.3, -0.25) is 14.4 Å². The van der Waals surface area contributed by atoms with E-state index in [0.717, 1.165) is 22.8 Å². The minimum Gasteiger partial charge on any atom is -0.394 e. The molecule has 3 amide bonds. The number of carbonyl (C=O) groups excluding carboxylic acids is 3. The number of benzene rings is 4. The molecule has 8 heteroatoms. The van der Waals surface area contributed by atoms with Gasteiger partial charge >= 0.3 is 0 Å². The van der Waals surface area contributed by atoms with Gasteiger partial charge in [-0.1, -0.05) is 85.8 Å². The van der Waals surface area contributed by atoms with Crippen LogP contribution in [-0.4, -0.2) is 56.4 Å². The fourth-order valence-corrected chi connectivity index (χ4v) is 10.2. The Morgan fingerprint density at radius 1 is 0.886 bits per heavy atom. The van der Waals surface area contributed by atoms with Crippen LogP contribution in [0.4, 0.5) is 11.4 Å². The van der Waals surface area contributed by atoms with Crippen LogP contribution >= 0.6 is 11.8 Å². The molecule has 1 spiro atoms. The highest BCUT2D eigenvalue weighted by atomic mass is 32.2. The predicted octanol–water partition coefficient (Wildman–Crippen LogP) is 5.36. The summed E-state index contributed by atoms with van der Waals surface area (Å²) in [4.78, 5) is 44.7. The molecule has 3 saturated heterocycles. The van der Waals surface area contributed by atoms with E-state index in [-0.39, 0.29) is 35.5 Å². The SMILES string of the molecule is CC1C[C@@H]2SC13C(C(=O)Nc1ccc4ccccc4c1)N([C@@H](CO)Cc1ccccc1)C(=O)[C@@H]3[C@@H]2C(=O)Nc1ccccc1. The number of nitrogens with one attached hydrogen (secondary N) is 2. The number of aliphatic hydroxyl groups excluding tert-OH is 1. The number of hydrogen-bond acceptors (Lipinski definition) is 5. The van der Waals surface area contributed by atoms with Crippen molar-refractivity contribution in [3.05, 3.63) is 109 Å². The molecule has 3 unspecified atom stereocenters. The molecule has 7 nitrogen and oxygen atoms in total. The quantitative estimate of drug-likeness (QED) is 0.251. The number of nitrogens with zero attached hydrogens (tertiary/aromatic N) is 1. The molecule has 44 heavy (non-hydrogen) atoms. The molecule has 3 aliphatic heterocycles. The highest BCUT2D eigenvalue weighted by Crippen LogP contribution is 2.69. The minimum absolute atomic E-state index is 0.0145. The molecule has 0 aliphatic carbocycles. The molecule has 3 aliphatic rings. The van der Waals surface area contributed by atoms with Crippen LogP contribution in [0.2, 0.25) is 0 Å². The van der Waals surface area contributed by atoms with E-state index in [9.17, 15) is 19.5 Å². The van der Waals surface area contributed by atoms with Gasteiger partial charge in [0.25, 0.3) is 0 Å². The normalized spacial score (nSPS) is 27.7. The van der Waals surface area contributed by atoms with E-state index < -0.39 is 28.7 Å². The zero-order valence-electron chi connectivity index (χ0n) is 24.4. The van der Waals surface area contributed by atoms with Crippen LogP contribution in [0.15, 0.2) is 103 Å². The van der Waals surface area contributed by atoms with Crippen molar-refractivity contribution in [1.29, 1.82) is 0 Å². The van der Waals surface area contributed by atoms with Gasteiger partial charge in [0.2, 0.25) is 17.7 Å². The van der Waals surface area contributed by atoms with Gasteiger partial charge in [-0.25, -0.2) is 0 Å². The first kappa shape index (κ1) is 28.6. The fourth-order valence-electron chi connectivity index (χ4n) is 7.81. The third-order valence-electron chi connectivity index (χ3n) is 9.71. The highest BCUT2D eigenvalue weighted by molar-refractivity contribution is 8.02. The summed E-state index contributed by atoms with van der Waals surface area (Å²) in [5.41, 5.74) is 2.29. The monoisotopic (exact) mass is 605 g/mol. The highest BCUT2D eigenvalue weighted by Gasteiger charge is 2.76. The van der Waals surface area contributed by atoms with Crippen molar-refractivity contribution >= 4 is 51.6 Å². The number of para-hydroxylation sites is 1. The van der Waals surface area contributed by atoms with Crippen molar-refractivity contribution in [3.8, 4) is 0 Å². The number of rotatable bonds is 8. The van der Waals surface area contributed by atoms with E-state index >= 15 is 0 Å². The van der Waals surface area contributed by atoms with E-state index in [2.05, 4.69) is 17.6 Å². The number of thioether (sulfide) groups is 1. The minimum atomic E-state index is -0.855. The molecule has 7 rings (SSSR count). The first-order valence-electron chi connectivity index (χ1n) is 15.2. The number of fused-ring (bicyclic) bond motifs is 2. The van der Waals surface area contributed by atoms with Crippen molar-refractivity contribution in [3.63, 3.8) is 0 Å². The third-order valence-corrected chi connectivity index (χ3v) is 11.8. The number of aliphatic hydroxyl groups is 1. The second kappa shape index (κ2) is 11.4. The lowest BCUT2D eigenvalue weighted by Crippen LogP contribution is -2.57. The predicted molar refractivity (Wildman–Crippen MR) is 174 cm³/mol. The van der Waals surface area contributed by atoms with E-state index in [1.807, 2.05) is 103 Å². The number of anilines is 2. The lowest BCUT2D eigenvalue weighted by molar-refractivity contribution is -0.141. The fraction of sp³-hybridized carbons (Fsp3) is 0.306. The molecular formula is C36H35N3O4S. The second-order valence-corrected chi connectivity index (χ2v) is 13.8. The first-order valence-corrected chi connectivity index (χ1v) is 16.1. The standard InChI is InChI=1S/C36H35N3O4S/c1-22-18-29-30(33(41)37-26-14-6-3-7-15-26)31-35(43)39(28(21-40)19-23-10-4-2-5-11-23)32(36(22,31)44-29)34(42)38-27-17-16-24-12-8-9-13-25(24)20-27/h2-17,20,22,28-32,40H,18-19,21H2,1H3,(H,37,41)(H,38,42)/t22?,28-,29+,30-,31+,32?,36?/m1/s1. The average molecular weight is 606 g/mol. The van der Waals surface area contributed by atoms with Crippen molar-refractivity contribution in [2.75, 3.05) is 17.2 Å². The molecule has 3 heterocycles. The van der Waals surface area contributed by atoms with Gasteiger partial charge < -0.3 is 20.6 Å². The van der Waals surface area contributed by atoms with Crippen LogP contribution in [0.1, 0.15) is 18.9 Å². The van der Waals surface area contributed by atoms with Crippen LogP contribution in [0.3, 0.4) is 0 Å². The second-order valence-electron chi connectivity index (χ2n) is 12.2. The number of likely N-dealkylation sites (tertiary alicyclic amines) is 1. The molecule has 4 aromatic carbocycles. The maximum Gasteiger partial charge on any atom is 0.248 e. The van der Waals surface area contributed by atoms with Gasteiger partial charge in [-0.2, -0.15) is 0 Å². The Morgan fingerprint density at radius 2 is 1.55 bits per heavy atom. The molecule has 2 bridgehead atoms. The summed E-state index contributed by atoms with van der Waals surface area (Å²) in [6.07, 6.45) is 1.13. The topological polar surface area (TPSA) is 98.7 Å². The Bertz CT molecular complexity index is 1720. The summed E-state index contributed by atoms with van der Waals surface area (Å²) in [6, 6.07) is 31.2. The Balaban J connectivity index is 1.28. The number of amides is 3. The van der Waals surface area contributed by atoms with Crippen molar-refractivity contribution in [2.24, 2.45) is 17.8 Å². The van der Waals surface area contributed by atoms with E-state index in [1.165, 1.54) is 0 Å². The molecule has 3 fully saturated rings. The Hall–Kier alpha value is -4.14. The van der Waals surface area contributed by atoms with Gasteiger partial charge in [0.1, 0.15) is 6.04 Å². The molecule has 0 radical (unpaired) electrons. The molecule has 3 N–H and O–H groups in total.